The Bertz CT molecular complexity index is 296. The SMILES string of the molecule is CC1C(=O)NC(=O)CN1CCCCC#N. The van der Waals surface area contributed by atoms with Gasteiger partial charge in [0.25, 0.3) is 0 Å². The topological polar surface area (TPSA) is 73.2 Å². The van der Waals surface area contributed by atoms with E-state index in [1.165, 1.54) is 0 Å². The highest BCUT2D eigenvalue weighted by molar-refractivity contribution is 6.00. The van der Waals surface area contributed by atoms with E-state index in [0.29, 0.717) is 13.0 Å². The lowest BCUT2D eigenvalue weighted by Crippen LogP contribution is -2.56. The van der Waals surface area contributed by atoms with Crippen LogP contribution in [0.2, 0.25) is 0 Å². The van der Waals surface area contributed by atoms with Crippen molar-refractivity contribution in [2.75, 3.05) is 13.1 Å². The van der Waals surface area contributed by atoms with Gasteiger partial charge in [0.05, 0.1) is 18.7 Å². The third-order valence-electron chi connectivity index (χ3n) is 2.52. The minimum atomic E-state index is -0.246. The fourth-order valence-electron chi connectivity index (χ4n) is 1.56. The molecule has 1 aliphatic rings. The molecule has 5 nitrogen and oxygen atoms in total. The van der Waals surface area contributed by atoms with Gasteiger partial charge in [0.2, 0.25) is 11.8 Å². The van der Waals surface area contributed by atoms with Gasteiger partial charge in [-0.25, -0.2) is 0 Å². The second-order valence-electron chi connectivity index (χ2n) is 3.67. The third kappa shape index (κ3) is 3.33. The zero-order chi connectivity index (χ0) is 11.3. The molecule has 0 aromatic carbocycles. The molecule has 0 radical (unpaired) electrons. The number of imide groups is 1. The number of rotatable bonds is 4. The van der Waals surface area contributed by atoms with Crippen LogP contribution in [-0.2, 0) is 9.59 Å². The summed E-state index contributed by atoms with van der Waals surface area (Å²) >= 11 is 0. The molecule has 1 aliphatic heterocycles. The van der Waals surface area contributed by atoms with Gasteiger partial charge < -0.3 is 0 Å². The number of carbonyl (C=O) groups is 2. The van der Waals surface area contributed by atoms with Crippen molar-refractivity contribution in [3.8, 4) is 6.07 Å². The first-order chi connectivity index (χ1) is 7.15. The van der Waals surface area contributed by atoms with Gasteiger partial charge in [-0.05, 0) is 26.3 Å². The average Bonchev–Trinajstić information content (AvgIpc) is 2.19. The number of unbranched alkanes of at least 4 members (excludes halogenated alkanes) is 2. The molecule has 0 aromatic heterocycles. The number of nitrogens with zero attached hydrogens (tertiary/aromatic N) is 2. The maximum absolute atomic E-state index is 11.3. The lowest BCUT2D eigenvalue weighted by atomic mass is 10.1. The molecule has 0 saturated carbocycles. The highest BCUT2D eigenvalue weighted by atomic mass is 16.2. The molecule has 82 valence electrons. The van der Waals surface area contributed by atoms with Crippen molar-refractivity contribution < 1.29 is 9.59 Å². The van der Waals surface area contributed by atoms with E-state index in [2.05, 4.69) is 11.4 Å². The molecule has 5 heteroatoms. The van der Waals surface area contributed by atoms with Gasteiger partial charge in [-0.15, -0.1) is 0 Å². The van der Waals surface area contributed by atoms with E-state index in [0.717, 1.165) is 12.8 Å². The number of hydrogen-bond acceptors (Lipinski definition) is 4. The Morgan fingerprint density at radius 2 is 2.27 bits per heavy atom. The lowest BCUT2D eigenvalue weighted by Gasteiger charge is -2.31. The summed E-state index contributed by atoms with van der Waals surface area (Å²) in [6.45, 7) is 2.76. The van der Waals surface area contributed by atoms with E-state index in [9.17, 15) is 9.59 Å². The second-order valence-corrected chi connectivity index (χ2v) is 3.67. The standard InChI is InChI=1S/C10H15N3O2/c1-8-10(15)12-9(14)7-13(8)6-4-2-3-5-11/h8H,2-4,6-7H2,1H3,(H,12,14,15). The van der Waals surface area contributed by atoms with Crippen molar-refractivity contribution in [1.82, 2.24) is 10.2 Å². The molecule has 0 aliphatic carbocycles. The first-order valence-corrected chi connectivity index (χ1v) is 5.10. The Morgan fingerprint density at radius 1 is 1.53 bits per heavy atom. The Balaban J connectivity index is 2.36. The first kappa shape index (κ1) is 11.7. The normalized spacial score (nSPS) is 22.3. The fourth-order valence-corrected chi connectivity index (χ4v) is 1.56. The van der Waals surface area contributed by atoms with Crippen LogP contribution in [0.25, 0.3) is 0 Å². The van der Waals surface area contributed by atoms with Crippen LogP contribution < -0.4 is 5.32 Å². The van der Waals surface area contributed by atoms with Crippen LogP contribution in [0, 0.1) is 11.3 Å². The number of nitriles is 1. The van der Waals surface area contributed by atoms with Crippen LogP contribution in [-0.4, -0.2) is 35.8 Å². The number of piperazine rings is 1. The van der Waals surface area contributed by atoms with E-state index in [1.807, 2.05) is 4.90 Å². The smallest absolute Gasteiger partial charge is 0.243 e. The van der Waals surface area contributed by atoms with E-state index in [-0.39, 0.29) is 24.4 Å². The van der Waals surface area contributed by atoms with Crippen LogP contribution in [0.3, 0.4) is 0 Å². The molecular formula is C10H15N3O2. The monoisotopic (exact) mass is 209 g/mol. The molecule has 1 unspecified atom stereocenters. The molecule has 1 N–H and O–H groups in total. The van der Waals surface area contributed by atoms with E-state index < -0.39 is 0 Å². The summed E-state index contributed by atoms with van der Waals surface area (Å²) in [4.78, 5) is 24.2. The van der Waals surface area contributed by atoms with Crippen molar-refractivity contribution in [3.63, 3.8) is 0 Å². The Labute approximate surface area is 89.0 Å². The second kappa shape index (κ2) is 5.47. The molecule has 0 bridgehead atoms. The van der Waals surface area contributed by atoms with Crippen molar-refractivity contribution >= 4 is 11.8 Å². The highest BCUT2D eigenvalue weighted by Gasteiger charge is 2.29. The zero-order valence-corrected chi connectivity index (χ0v) is 8.82. The average molecular weight is 209 g/mol. The van der Waals surface area contributed by atoms with E-state index >= 15 is 0 Å². The van der Waals surface area contributed by atoms with Gasteiger partial charge in [-0.1, -0.05) is 0 Å². The van der Waals surface area contributed by atoms with Crippen molar-refractivity contribution in [2.24, 2.45) is 0 Å². The molecule has 1 saturated heterocycles. The molecule has 1 atom stereocenters. The Kier molecular flexibility index (Phi) is 4.25. The van der Waals surface area contributed by atoms with Crippen LogP contribution in [0.4, 0.5) is 0 Å². The minimum Gasteiger partial charge on any atom is -0.294 e. The first-order valence-electron chi connectivity index (χ1n) is 5.10. The van der Waals surface area contributed by atoms with E-state index in [1.54, 1.807) is 6.92 Å². The number of carbonyl (C=O) groups excluding carboxylic acids is 2. The molecule has 1 fully saturated rings. The Morgan fingerprint density at radius 3 is 2.93 bits per heavy atom. The lowest BCUT2D eigenvalue weighted by molar-refractivity contribution is -0.139. The van der Waals surface area contributed by atoms with Crippen molar-refractivity contribution in [2.45, 2.75) is 32.2 Å². The summed E-state index contributed by atoms with van der Waals surface area (Å²) in [6, 6.07) is 1.82. The molecule has 1 heterocycles. The van der Waals surface area contributed by atoms with Gasteiger partial charge in [-0.3, -0.25) is 19.8 Å². The largest absolute Gasteiger partial charge is 0.294 e. The highest BCUT2D eigenvalue weighted by Crippen LogP contribution is 2.07. The summed E-state index contributed by atoms with van der Waals surface area (Å²) < 4.78 is 0. The van der Waals surface area contributed by atoms with Crippen molar-refractivity contribution in [3.05, 3.63) is 0 Å². The predicted molar refractivity (Wildman–Crippen MR) is 53.6 cm³/mol. The quantitative estimate of drug-likeness (QED) is 0.523. The maximum Gasteiger partial charge on any atom is 0.243 e. The third-order valence-corrected chi connectivity index (χ3v) is 2.52. The number of nitrogens with one attached hydrogen (secondary N) is 1. The number of amides is 2. The van der Waals surface area contributed by atoms with Crippen molar-refractivity contribution in [1.29, 1.82) is 5.26 Å². The summed E-state index contributed by atoms with van der Waals surface area (Å²) in [7, 11) is 0. The van der Waals surface area contributed by atoms with Gasteiger partial charge in [0.1, 0.15) is 0 Å². The summed E-state index contributed by atoms with van der Waals surface area (Å²) in [5.41, 5.74) is 0. The molecule has 15 heavy (non-hydrogen) atoms. The fraction of sp³-hybridized carbons (Fsp3) is 0.700. The molecule has 0 aromatic rings. The maximum atomic E-state index is 11.3. The Hall–Kier alpha value is -1.41. The summed E-state index contributed by atoms with van der Waals surface area (Å²) in [6.07, 6.45) is 2.19. The van der Waals surface area contributed by atoms with Crippen LogP contribution in [0.5, 0.6) is 0 Å². The minimum absolute atomic E-state index is 0.230. The molecule has 1 rings (SSSR count). The number of hydrogen-bond donors (Lipinski definition) is 1. The predicted octanol–water partition coefficient (Wildman–Crippen LogP) is 0.0272. The van der Waals surface area contributed by atoms with Crippen LogP contribution >= 0.6 is 0 Å². The summed E-state index contributed by atoms with van der Waals surface area (Å²) in [5, 5.41) is 10.6. The molecular weight excluding hydrogens is 194 g/mol. The van der Waals surface area contributed by atoms with Gasteiger partial charge in [0, 0.05) is 6.42 Å². The molecule has 2 amide bonds. The summed E-state index contributed by atoms with van der Waals surface area (Å²) in [5.74, 6) is -0.468. The van der Waals surface area contributed by atoms with Crippen LogP contribution in [0.1, 0.15) is 26.2 Å². The zero-order valence-electron chi connectivity index (χ0n) is 8.82. The van der Waals surface area contributed by atoms with Crippen LogP contribution in [0.15, 0.2) is 0 Å². The van der Waals surface area contributed by atoms with Gasteiger partial charge in [0.15, 0.2) is 0 Å². The van der Waals surface area contributed by atoms with Gasteiger partial charge >= 0.3 is 0 Å². The molecule has 0 spiro atoms. The van der Waals surface area contributed by atoms with E-state index in [4.69, 9.17) is 5.26 Å². The van der Waals surface area contributed by atoms with Gasteiger partial charge in [-0.2, -0.15) is 5.26 Å².